The van der Waals surface area contributed by atoms with Gasteiger partial charge in [-0.25, -0.2) is 0 Å². The van der Waals surface area contributed by atoms with Crippen molar-refractivity contribution < 1.29 is 14.3 Å². The van der Waals surface area contributed by atoms with Crippen molar-refractivity contribution in [2.75, 3.05) is 18.7 Å². The summed E-state index contributed by atoms with van der Waals surface area (Å²) in [6, 6.07) is 10.0. The van der Waals surface area contributed by atoms with Crippen LogP contribution in [0.2, 0.25) is 0 Å². The number of anilines is 1. The number of pyridine rings is 1. The minimum Gasteiger partial charge on any atom is -0.453 e. The summed E-state index contributed by atoms with van der Waals surface area (Å²) in [5, 5.41) is 3.14. The minimum absolute atomic E-state index is 0.0656. The fraction of sp³-hybridized carbons (Fsp3) is 0.478. The number of ether oxygens (including phenoxy) is 2. The Hall–Kier alpha value is -2.60. The molecule has 1 aliphatic carbocycles. The second kappa shape index (κ2) is 8.03. The highest BCUT2D eigenvalue weighted by Crippen LogP contribution is 2.40. The highest BCUT2D eigenvalue weighted by Gasteiger charge is 2.30. The lowest BCUT2D eigenvalue weighted by molar-refractivity contribution is -0.121. The molecule has 5 rings (SSSR count). The first-order chi connectivity index (χ1) is 14.3. The fourth-order valence-electron chi connectivity index (χ4n) is 4.33. The van der Waals surface area contributed by atoms with E-state index in [0.717, 1.165) is 55.3 Å². The predicted octanol–water partition coefficient (Wildman–Crippen LogP) is 4.07. The molecule has 3 heterocycles. The molecule has 3 aliphatic rings. The van der Waals surface area contributed by atoms with Gasteiger partial charge in [0, 0.05) is 24.5 Å². The largest absolute Gasteiger partial charge is 0.453 e. The van der Waals surface area contributed by atoms with Crippen molar-refractivity contribution in [2.24, 2.45) is 0 Å². The van der Waals surface area contributed by atoms with Crippen molar-refractivity contribution in [3.8, 4) is 11.5 Å². The molecule has 1 saturated heterocycles. The smallest absolute Gasteiger partial charge is 0.241 e. The van der Waals surface area contributed by atoms with Crippen molar-refractivity contribution in [3.05, 3.63) is 47.8 Å². The van der Waals surface area contributed by atoms with Crippen LogP contribution in [0.3, 0.4) is 0 Å². The van der Waals surface area contributed by atoms with Crippen LogP contribution in [0.4, 0.5) is 5.69 Å². The van der Waals surface area contributed by atoms with Crippen molar-refractivity contribution in [1.29, 1.82) is 0 Å². The summed E-state index contributed by atoms with van der Waals surface area (Å²) in [6.07, 6.45) is 8.48. The molecule has 1 aromatic heterocycles. The van der Waals surface area contributed by atoms with E-state index < -0.39 is 0 Å². The molecule has 1 saturated carbocycles. The second-order valence-electron chi connectivity index (χ2n) is 8.21. The van der Waals surface area contributed by atoms with Crippen LogP contribution < -0.4 is 14.8 Å². The summed E-state index contributed by atoms with van der Waals surface area (Å²) in [7, 11) is 0. The van der Waals surface area contributed by atoms with Crippen molar-refractivity contribution >= 4 is 11.6 Å². The van der Waals surface area contributed by atoms with Gasteiger partial charge in [0.1, 0.15) is 5.69 Å². The Kier molecular flexibility index (Phi) is 5.10. The Morgan fingerprint density at radius 3 is 2.76 bits per heavy atom. The van der Waals surface area contributed by atoms with E-state index in [1.54, 1.807) is 6.20 Å². The molecule has 2 fully saturated rings. The quantitative estimate of drug-likeness (QED) is 0.830. The molecule has 2 aromatic rings. The van der Waals surface area contributed by atoms with E-state index in [1.165, 1.54) is 18.4 Å². The number of benzene rings is 1. The van der Waals surface area contributed by atoms with Crippen molar-refractivity contribution in [3.63, 3.8) is 0 Å². The van der Waals surface area contributed by atoms with Gasteiger partial charge >= 0.3 is 0 Å². The van der Waals surface area contributed by atoms with E-state index in [4.69, 9.17) is 9.47 Å². The van der Waals surface area contributed by atoms with Gasteiger partial charge in [-0.3, -0.25) is 14.7 Å². The zero-order valence-electron chi connectivity index (χ0n) is 16.6. The summed E-state index contributed by atoms with van der Waals surface area (Å²) in [4.78, 5) is 19.9. The molecule has 152 valence electrons. The van der Waals surface area contributed by atoms with E-state index in [0.29, 0.717) is 12.3 Å². The SMILES string of the molecule is O=C(Nc1ccc(C2CC2)cc1)[C@H]1CCCCCN1Cc1nccc2c1OCO2. The Bertz CT molecular complexity index is 879. The van der Waals surface area contributed by atoms with Crippen LogP contribution >= 0.6 is 0 Å². The lowest BCUT2D eigenvalue weighted by Crippen LogP contribution is -2.43. The fourth-order valence-corrected chi connectivity index (χ4v) is 4.33. The highest BCUT2D eigenvalue weighted by molar-refractivity contribution is 5.94. The third kappa shape index (κ3) is 4.08. The maximum Gasteiger partial charge on any atom is 0.241 e. The van der Waals surface area contributed by atoms with E-state index in [-0.39, 0.29) is 18.7 Å². The number of fused-ring (bicyclic) bond motifs is 1. The maximum atomic E-state index is 13.2. The van der Waals surface area contributed by atoms with Gasteiger partial charge in [-0.05, 0) is 55.8 Å². The number of carbonyl (C=O) groups excluding carboxylic acids is 1. The first kappa shape index (κ1) is 18.4. The average molecular weight is 393 g/mol. The number of rotatable bonds is 5. The molecular formula is C23H27N3O3. The number of aromatic nitrogens is 1. The summed E-state index contributed by atoms with van der Waals surface area (Å²) >= 11 is 0. The van der Waals surface area contributed by atoms with Gasteiger partial charge in [0.05, 0.1) is 6.04 Å². The second-order valence-corrected chi connectivity index (χ2v) is 8.21. The maximum absolute atomic E-state index is 13.2. The molecule has 1 amide bonds. The van der Waals surface area contributed by atoms with Crippen LogP contribution in [-0.4, -0.2) is 35.2 Å². The molecule has 29 heavy (non-hydrogen) atoms. The predicted molar refractivity (Wildman–Crippen MR) is 110 cm³/mol. The van der Waals surface area contributed by atoms with Crippen LogP contribution in [0, 0.1) is 0 Å². The first-order valence-corrected chi connectivity index (χ1v) is 10.7. The van der Waals surface area contributed by atoms with E-state index in [2.05, 4.69) is 27.3 Å². The Labute approximate surface area is 171 Å². The molecule has 1 N–H and O–H groups in total. The average Bonchev–Trinajstić information content (AvgIpc) is 3.51. The highest BCUT2D eigenvalue weighted by atomic mass is 16.7. The number of hydrogen-bond acceptors (Lipinski definition) is 5. The molecule has 6 nitrogen and oxygen atoms in total. The Morgan fingerprint density at radius 1 is 1.07 bits per heavy atom. The lowest BCUT2D eigenvalue weighted by atomic mass is 10.1. The van der Waals surface area contributed by atoms with E-state index >= 15 is 0 Å². The number of likely N-dealkylation sites (tertiary alicyclic amines) is 1. The number of hydrogen-bond donors (Lipinski definition) is 1. The zero-order chi connectivity index (χ0) is 19.6. The zero-order valence-corrected chi connectivity index (χ0v) is 16.6. The lowest BCUT2D eigenvalue weighted by Gasteiger charge is -2.28. The van der Waals surface area contributed by atoms with Gasteiger partial charge < -0.3 is 14.8 Å². The first-order valence-electron chi connectivity index (χ1n) is 10.7. The molecule has 2 aliphatic heterocycles. The number of nitrogens with zero attached hydrogens (tertiary/aromatic N) is 2. The Morgan fingerprint density at radius 2 is 1.93 bits per heavy atom. The van der Waals surface area contributed by atoms with E-state index in [9.17, 15) is 4.79 Å². The summed E-state index contributed by atoms with van der Waals surface area (Å²) in [5.74, 6) is 2.24. The Balaban J connectivity index is 1.31. The van der Waals surface area contributed by atoms with Crippen LogP contribution in [0.1, 0.15) is 55.7 Å². The summed E-state index contributed by atoms with van der Waals surface area (Å²) in [6.45, 7) is 1.70. The normalized spacial score (nSPS) is 21.6. The van der Waals surface area contributed by atoms with Gasteiger partial charge in [0.15, 0.2) is 11.5 Å². The standard InChI is InChI=1S/C23H27N3O3/c27-23(25-18-9-7-17(8-10-18)16-5-6-16)20-4-2-1-3-13-26(20)14-19-22-21(11-12-24-19)28-15-29-22/h7-12,16,20H,1-6,13-15H2,(H,25,27)/t20-/m1/s1. The molecule has 0 bridgehead atoms. The van der Waals surface area contributed by atoms with Gasteiger partial charge in [-0.15, -0.1) is 0 Å². The van der Waals surface area contributed by atoms with Gasteiger partial charge in [0.2, 0.25) is 12.7 Å². The van der Waals surface area contributed by atoms with Crippen molar-refractivity contribution in [1.82, 2.24) is 9.88 Å². The molecule has 0 radical (unpaired) electrons. The number of nitrogens with one attached hydrogen (secondary N) is 1. The topological polar surface area (TPSA) is 63.7 Å². The molecule has 0 spiro atoms. The molecule has 1 aromatic carbocycles. The third-order valence-electron chi connectivity index (χ3n) is 6.11. The monoisotopic (exact) mass is 393 g/mol. The van der Waals surface area contributed by atoms with Crippen LogP contribution in [0.15, 0.2) is 36.5 Å². The molecule has 1 atom stereocenters. The minimum atomic E-state index is -0.166. The van der Waals surface area contributed by atoms with Gasteiger partial charge in [-0.2, -0.15) is 0 Å². The summed E-state index contributed by atoms with van der Waals surface area (Å²) in [5.41, 5.74) is 3.10. The summed E-state index contributed by atoms with van der Waals surface area (Å²) < 4.78 is 11.1. The van der Waals surface area contributed by atoms with Crippen LogP contribution in [0.5, 0.6) is 11.5 Å². The van der Waals surface area contributed by atoms with Crippen LogP contribution in [0.25, 0.3) is 0 Å². The molecule has 6 heteroatoms. The van der Waals surface area contributed by atoms with Crippen molar-refractivity contribution in [2.45, 2.75) is 57.0 Å². The van der Waals surface area contributed by atoms with Gasteiger partial charge in [0.25, 0.3) is 0 Å². The molecule has 0 unspecified atom stereocenters. The molecular weight excluding hydrogens is 366 g/mol. The number of amides is 1. The van der Waals surface area contributed by atoms with Crippen LogP contribution in [-0.2, 0) is 11.3 Å². The van der Waals surface area contributed by atoms with E-state index in [1.807, 2.05) is 18.2 Å². The third-order valence-corrected chi connectivity index (χ3v) is 6.11. The number of carbonyl (C=O) groups is 1. The van der Waals surface area contributed by atoms with Gasteiger partial charge in [-0.1, -0.05) is 25.0 Å².